The largest absolute Gasteiger partial charge is 0.506 e. The second-order valence-corrected chi connectivity index (χ2v) is 7.03. The van der Waals surface area contributed by atoms with Crippen LogP contribution in [-0.4, -0.2) is 21.5 Å². The molecule has 0 fully saturated rings. The Hall–Kier alpha value is -3.13. The highest BCUT2D eigenvalue weighted by Crippen LogP contribution is 2.26. The lowest BCUT2D eigenvalue weighted by Gasteiger charge is -2.14. The Bertz CT molecular complexity index is 1110. The van der Waals surface area contributed by atoms with E-state index in [9.17, 15) is 19.5 Å². The lowest BCUT2D eigenvalue weighted by molar-refractivity contribution is 0.0844. The minimum atomic E-state index is -0.886. The molecule has 7 nitrogen and oxygen atoms in total. The molecule has 0 bridgehead atoms. The first-order valence-electron chi connectivity index (χ1n) is 8.64. The topological polar surface area (TPSA) is 100 Å². The van der Waals surface area contributed by atoms with Gasteiger partial charge in [-0.3, -0.25) is 25.2 Å². The molecule has 28 heavy (non-hydrogen) atoms. The number of benzene rings is 2. The van der Waals surface area contributed by atoms with Gasteiger partial charge in [-0.25, -0.2) is 0 Å². The van der Waals surface area contributed by atoms with Gasteiger partial charge >= 0.3 is 0 Å². The third-order valence-corrected chi connectivity index (χ3v) is 4.74. The Balaban J connectivity index is 1.92. The zero-order chi connectivity index (χ0) is 20.3. The average molecular weight is 444 g/mol. The summed E-state index contributed by atoms with van der Waals surface area (Å²) in [5.74, 6) is -1.85. The van der Waals surface area contributed by atoms with Crippen molar-refractivity contribution in [1.82, 2.24) is 15.4 Å². The molecule has 3 rings (SSSR count). The molecule has 0 atom stereocenters. The molecular formula is C20H18BrN3O4. The second-order valence-electron chi connectivity index (χ2n) is 6.11. The van der Waals surface area contributed by atoms with Gasteiger partial charge in [-0.05, 0) is 42.8 Å². The van der Waals surface area contributed by atoms with Crippen LogP contribution in [0.3, 0.4) is 0 Å². The maximum absolute atomic E-state index is 12.8. The normalized spacial score (nSPS) is 10.6. The minimum Gasteiger partial charge on any atom is -0.506 e. The summed E-state index contributed by atoms with van der Waals surface area (Å²) in [7, 11) is 0. The molecule has 0 aliphatic carbocycles. The van der Waals surface area contributed by atoms with E-state index in [0.29, 0.717) is 29.4 Å². The number of aromatic hydroxyl groups is 1. The number of hydrogen-bond donors (Lipinski definition) is 3. The van der Waals surface area contributed by atoms with E-state index in [1.165, 1.54) is 4.57 Å². The number of nitrogens with one attached hydrogen (secondary N) is 2. The van der Waals surface area contributed by atoms with Crippen LogP contribution in [0.4, 0.5) is 0 Å². The molecule has 1 heterocycles. The van der Waals surface area contributed by atoms with Gasteiger partial charge in [0, 0.05) is 22.0 Å². The number of carbonyl (C=O) groups is 2. The maximum atomic E-state index is 12.8. The lowest BCUT2D eigenvalue weighted by atomic mass is 10.1. The zero-order valence-electron chi connectivity index (χ0n) is 15.0. The number of rotatable bonds is 4. The number of amides is 2. The highest BCUT2D eigenvalue weighted by atomic mass is 79.9. The third kappa shape index (κ3) is 3.77. The first-order chi connectivity index (χ1) is 13.4. The van der Waals surface area contributed by atoms with Gasteiger partial charge in [0.15, 0.2) is 0 Å². The molecular weight excluding hydrogens is 426 g/mol. The molecule has 3 aromatic rings. The van der Waals surface area contributed by atoms with Crippen molar-refractivity contribution in [1.29, 1.82) is 0 Å². The van der Waals surface area contributed by atoms with Crippen molar-refractivity contribution in [2.24, 2.45) is 0 Å². The fourth-order valence-corrected chi connectivity index (χ4v) is 3.15. The van der Waals surface area contributed by atoms with Crippen molar-refractivity contribution in [3.8, 4) is 5.75 Å². The Kier molecular flexibility index (Phi) is 5.79. The number of halogens is 1. The van der Waals surface area contributed by atoms with Crippen LogP contribution < -0.4 is 16.4 Å². The van der Waals surface area contributed by atoms with Gasteiger partial charge in [-0.15, -0.1) is 0 Å². The van der Waals surface area contributed by atoms with E-state index in [-0.39, 0.29) is 0 Å². The van der Waals surface area contributed by atoms with Crippen molar-refractivity contribution < 1.29 is 14.7 Å². The number of para-hydroxylation sites is 1. The number of carbonyl (C=O) groups excluding carboxylic acids is 2. The SMILES string of the molecule is CCCn1c(=O)c(C(=O)NNC(=O)c2ccc(Br)cc2)c(O)c2ccccc21. The molecule has 2 aromatic carbocycles. The summed E-state index contributed by atoms with van der Waals surface area (Å²) in [6.07, 6.45) is 0.677. The lowest BCUT2D eigenvalue weighted by Crippen LogP contribution is -2.44. The smallest absolute Gasteiger partial charge is 0.279 e. The molecule has 2 amide bonds. The number of hydrogen-bond acceptors (Lipinski definition) is 4. The monoisotopic (exact) mass is 443 g/mol. The highest BCUT2D eigenvalue weighted by Gasteiger charge is 2.22. The van der Waals surface area contributed by atoms with Crippen LogP contribution in [0, 0.1) is 0 Å². The molecule has 0 saturated heterocycles. The van der Waals surface area contributed by atoms with E-state index >= 15 is 0 Å². The van der Waals surface area contributed by atoms with Gasteiger partial charge < -0.3 is 9.67 Å². The number of hydrazine groups is 1. The molecule has 8 heteroatoms. The van der Waals surface area contributed by atoms with Crippen LogP contribution in [0.1, 0.15) is 34.1 Å². The number of pyridine rings is 1. The summed E-state index contributed by atoms with van der Waals surface area (Å²) in [6, 6.07) is 13.3. The summed E-state index contributed by atoms with van der Waals surface area (Å²) in [6.45, 7) is 2.30. The standard InChI is InChI=1S/C20H18BrN3O4/c1-2-11-24-15-6-4-3-5-14(15)17(25)16(20(24)28)19(27)23-22-18(26)12-7-9-13(21)10-8-12/h3-10,25H,2,11H2,1H3,(H,22,26)(H,23,27). The van der Waals surface area contributed by atoms with Crippen LogP contribution in [0.5, 0.6) is 5.75 Å². The van der Waals surface area contributed by atoms with E-state index in [0.717, 1.165) is 4.47 Å². The van der Waals surface area contributed by atoms with Gasteiger partial charge in [0.2, 0.25) is 0 Å². The Labute approximate surface area is 169 Å². The number of fused-ring (bicyclic) bond motifs is 1. The highest BCUT2D eigenvalue weighted by molar-refractivity contribution is 9.10. The zero-order valence-corrected chi connectivity index (χ0v) is 16.6. The summed E-state index contributed by atoms with van der Waals surface area (Å²) in [5.41, 5.74) is 4.30. The summed E-state index contributed by atoms with van der Waals surface area (Å²) in [4.78, 5) is 37.5. The summed E-state index contributed by atoms with van der Waals surface area (Å²) >= 11 is 3.28. The van der Waals surface area contributed by atoms with Crippen molar-refractivity contribution in [2.75, 3.05) is 0 Å². The van der Waals surface area contributed by atoms with Gasteiger partial charge in [0.05, 0.1) is 5.52 Å². The average Bonchev–Trinajstić information content (AvgIpc) is 2.70. The molecule has 0 aliphatic heterocycles. The molecule has 0 radical (unpaired) electrons. The predicted octanol–water partition coefficient (Wildman–Crippen LogP) is 2.95. The molecule has 3 N–H and O–H groups in total. The quantitative estimate of drug-likeness (QED) is 0.539. The Morgan fingerprint density at radius 2 is 1.68 bits per heavy atom. The van der Waals surface area contributed by atoms with Crippen LogP contribution in [0.25, 0.3) is 10.9 Å². The molecule has 0 saturated carbocycles. The molecule has 144 valence electrons. The van der Waals surface area contributed by atoms with Gasteiger partial charge in [-0.1, -0.05) is 35.0 Å². The van der Waals surface area contributed by atoms with Crippen molar-refractivity contribution >= 4 is 38.6 Å². The number of aromatic nitrogens is 1. The summed E-state index contributed by atoms with van der Waals surface area (Å²) in [5, 5.41) is 10.9. The van der Waals surface area contributed by atoms with E-state index in [1.54, 1.807) is 48.5 Å². The van der Waals surface area contributed by atoms with Crippen LogP contribution in [0.15, 0.2) is 57.8 Å². The van der Waals surface area contributed by atoms with Gasteiger partial charge in [0.25, 0.3) is 17.4 Å². The van der Waals surface area contributed by atoms with Crippen LogP contribution in [-0.2, 0) is 6.54 Å². The van der Waals surface area contributed by atoms with Crippen LogP contribution >= 0.6 is 15.9 Å². The maximum Gasteiger partial charge on any atom is 0.279 e. The second kappa shape index (κ2) is 8.26. The Morgan fingerprint density at radius 1 is 1.04 bits per heavy atom. The van der Waals surface area contributed by atoms with Crippen molar-refractivity contribution in [2.45, 2.75) is 19.9 Å². The number of nitrogens with zero attached hydrogens (tertiary/aromatic N) is 1. The molecule has 0 spiro atoms. The van der Waals surface area contributed by atoms with Crippen molar-refractivity contribution in [3.05, 3.63) is 74.5 Å². The van der Waals surface area contributed by atoms with E-state index in [2.05, 4.69) is 26.8 Å². The van der Waals surface area contributed by atoms with Crippen LogP contribution in [0.2, 0.25) is 0 Å². The minimum absolute atomic E-state index is 0.328. The number of aryl methyl sites for hydroxylation is 1. The first-order valence-corrected chi connectivity index (χ1v) is 9.44. The van der Waals surface area contributed by atoms with E-state index < -0.39 is 28.7 Å². The van der Waals surface area contributed by atoms with E-state index in [4.69, 9.17) is 0 Å². The molecule has 0 unspecified atom stereocenters. The summed E-state index contributed by atoms with van der Waals surface area (Å²) < 4.78 is 2.26. The molecule has 0 aliphatic rings. The van der Waals surface area contributed by atoms with Gasteiger partial charge in [-0.2, -0.15) is 0 Å². The molecule has 1 aromatic heterocycles. The first kappa shape index (κ1) is 19.6. The fraction of sp³-hybridized carbons (Fsp3) is 0.150. The third-order valence-electron chi connectivity index (χ3n) is 4.22. The predicted molar refractivity (Wildman–Crippen MR) is 109 cm³/mol. The van der Waals surface area contributed by atoms with Crippen molar-refractivity contribution in [3.63, 3.8) is 0 Å². The Morgan fingerprint density at radius 3 is 2.36 bits per heavy atom. The fourth-order valence-electron chi connectivity index (χ4n) is 2.89. The van der Waals surface area contributed by atoms with Gasteiger partial charge in [0.1, 0.15) is 11.3 Å². The van der Waals surface area contributed by atoms with E-state index in [1.807, 2.05) is 6.92 Å².